The van der Waals surface area contributed by atoms with Crippen molar-refractivity contribution in [1.82, 2.24) is 5.48 Å². The number of hydroxylamine groups is 1. The van der Waals surface area contributed by atoms with E-state index in [4.69, 9.17) is 21.2 Å². The standard InChI is InChI=1S/C12H16ClNO2/c1-12(2)7-10(14-15-3)9-6-8(13)4-5-11(9)16-12/h4-6,10,14H,7H2,1-3H3. The lowest BCUT2D eigenvalue weighted by atomic mass is 9.90. The molecule has 88 valence electrons. The van der Waals surface area contributed by atoms with Crippen molar-refractivity contribution in [2.75, 3.05) is 7.11 Å². The van der Waals surface area contributed by atoms with E-state index in [1.165, 1.54) is 0 Å². The number of nitrogens with one attached hydrogen (secondary N) is 1. The molecule has 3 nitrogen and oxygen atoms in total. The Hall–Kier alpha value is -0.770. The molecular weight excluding hydrogens is 226 g/mol. The van der Waals surface area contributed by atoms with Gasteiger partial charge in [-0.15, -0.1) is 0 Å². The Balaban J connectivity index is 2.39. The molecule has 0 radical (unpaired) electrons. The first kappa shape index (κ1) is 11.7. The molecule has 1 heterocycles. The first-order valence-corrected chi connectivity index (χ1v) is 5.66. The molecule has 0 aromatic heterocycles. The lowest BCUT2D eigenvalue weighted by Gasteiger charge is -2.37. The van der Waals surface area contributed by atoms with Crippen LogP contribution in [0.5, 0.6) is 5.75 Å². The molecule has 16 heavy (non-hydrogen) atoms. The van der Waals surface area contributed by atoms with Gasteiger partial charge in [0.25, 0.3) is 0 Å². The number of ether oxygens (including phenoxy) is 1. The highest BCUT2D eigenvalue weighted by molar-refractivity contribution is 6.30. The maximum atomic E-state index is 5.99. The van der Waals surface area contributed by atoms with Crippen LogP contribution in [0.2, 0.25) is 5.02 Å². The monoisotopic (exact) mass is 241 g/mol. The van der Waals surface area contributed by atoms with Crippen LogP contribution in [-0.2, 0) is 4.84 Å². The second-order valence-corrected chi connectivity index (χ2v) is 5.06. The average molecular weight is 242 g/mol. The van der Waals surface area contributed by atoms with Crippen molar-refractivity contribution in [3.05, 3.63) is 28.8 Å². The molecule has 0 saturated carbocycles. The van der Waals surface area contributed by atoms with Crippen LogP contribution in [0.15, 0.2) is 18.2 Å². The molecule has 4 heteroatoms. The molecule has 1 unspecified atom stereocenters. The smallest absolute Gasteiger partial charge is 0.125 e. The Kier molecular flexibility index (Phi) is 3.10. The molecule has 1 aliphatic rings. The second kappa shape index (κ2) is 4.24. The summed E-state index contributed by atoms with van der Waals surface area (Å²) in [5, 5.41) is 0.713. The van der Waals surface area contributed by atoms with Gasteiger partial charge in [0.05, 0.1) is 13.2 Å². The Morgan fingerprint density at radius 2 is 2.25 bits per heavy atom. The fraction of sp³-hybridized carbons (Fsp3) is 0.500. The van der Waals surface area contributed by atoms with E-state index in [1.807, 2.05) is 18.2 Å². The predicted molar refractivity (Wildman–Crippen MR) is 63.7 cm³/mol. The van der Waals surface area contributed by atoms with Gasteiger partial charge in [0, 0.05) is 17.0 Å². The summed E-state index contributed by atoms with van der Waals surface area (Å²) in [6, 6.07) is 5.78. The van der Waals surface area contributed by atoms with Crippen molar-refractivity contribution in [3.63, 3.8) is 0 Å². The van der Waals surface area contributed by atoms with Crippen LogP contribution >= 0.6 is 11.6 Å². The minimum Gasteiger partial charge on any atom is -0.487 e. The largest absolute Gasteiger partial charge is 0.487 e. The van der Waals surface area contributed by atoms with Gasteiger partial charge in [-0.3, -0.25) is 0 Å². The Labute approximate surface area is 101 Å². The maximum Gasteiger partial charge on any atom is 0.125 e. The summed E-state index contributed by atoms with van der Waals surface area (Å²) in [6.07, 6.45) is 0.841. The molecule has 1 aromatic rings. The summed E-state index contributed by atoms with van der Waals surface area (Å²) < 4.78 is 5.90. The van der Waals surface area contributed by atoms with Crippen molar-refractivity contribution in [1.29, 1.82) is 0 Å². The van der Waals surface area contributed by atoms with Crippen LogP contribution in [-0.4, -0.2) is 12.7 Å². The number of halogens is 1. The van der Waals surface area contributed by atoms with Crippen LogP contribution in [0.4, 0.5) is 0 Å². The SMILES string of the molecule is CONC1CC(C)(C)Oc2ccc(Cl)cc21. The molecule has 1 aliphatic heterocycles. The van der Waals surface area contributed by atoms with Gasteiger partial charge >= 0.3 is 0 Å². The van der Waals surface area contributed by atoms with Gasteiger partial charge in [0.1, 0.15) is 11.4 Å². The fourth-order valence-electron chi connectivity index (χ4n) is 2.07. The third-order valence-electron chi connectivity index (χ3n) is 2.69. The molecule has 1 N–H and O–H groups in total. The van der Waals surface area contributed by atoms with Crippen LogP contribution in [0.25, 0.3) is 0 Å². The molecule has 0 bridgehead atoms. The third kappa shape index (κ3) is 2.32. The first-order valence-electron chi connectivity index (χ1n) is 5.29. The van der Waals surface area contributed by atoms with Crippen LogP contribution < -0.4 is 10.2 Å². The van der Waals surface area contributed by atoms with E-state index in [0.29, 0.717) is 5.02 Å². The summed E-state index contributed by atoms with van der Waals surface area (Å²) in [5.41, 5.74) is 3.84. The van der Waals surface area contributed by atoms with Gasteiger partial charge < -0.3 is 9.57 Å². The van der Waals surface area contributed by atoms with E-state index >= 15 is 0 Å². The van der Waals surface area contributed by atoms with E-state index in [0.717, 1.165) is 17.7 Å². The van der Waals surface area contributed by atoms with Crippen molar-refractivity contribution in [2.24, 2.45) is 0 Å². The summed E-state index contributed by atoms with van der Waals surface area (Å²) in [4.78, 5) is 5.02. The number of benzene rings is 1. The van der Waals surface area contributed by atoms with Crippen LogP contribution in [0.1, 0.15) is 31.9 Å². The van der Waals surface area contributed by atoms with Gasteiger partial charge in [-0.25, -0.2) is 0 Å². The van der Waals surface area contributed by atoms with E-state index in [9.17, 15) is 0 Å². The highest BCUT2D eigenvalue weighted by Gasteiger charge is 2.33. The molecule has 2 rings (SSSR count). The van der Waals surface area contributed by atoms with Crippen LogP contribution in [0.3, 0.4) is 0 Å². The van der Waals surface area contributed by atoms with Gasteiger partial charge in [-0.05, 0) is 32.0 Å². The maximum absolute atomic E-state index is 5.99. The van der Waals surface area contributed by atoms with Crippen molar-refractivity contribution in [3.8, 4) is 5.75 Å². The number of rotatable bonds is 2. The second-order valence-electron chi connectivity index (χ2n) is 4.62. The van der Waals surface area contributed by atoms with Crippen molar-refractivity contribution in [2.45, 2.75) is 31.9 Å². The van der Waals surface area contributed by atoms with E-state index in [2.05, 4.69) is 19.3 Å². The summed E-state index contributed by atoms with van der Waals surface area (Å²) in [7, 11) is 1.62. The van der Waals surface area contributed by atoms with E-state index < -0.39 is 0 Å². The minimum absolute atomic E-state index is 0.113. The Morgan fingerprint density at radius 1 is 1.50 bits per heavy atom. The zero-order chi connectivity index (χ0) is 11.8. The van der Waals surface area contributed by atoms with Gasteiger partial charge in [-0.2, -0.15) is 5.48 Å². The molecule has 1 aromatic carbocycles. The summed E-state index contributed by atoms with van der Waals surface area (Å²) in [5.74, 6) is 0.871. The van der Waals surface area contributed by atoms with Crippen LogP contribution in [0, 0.1) is 0 Å². The molecular formula is C12H16ClNO2. The third-order valence-corrected chi connectivity index (χ3v) is 2.92. The summed E-state index contributed by atoms with van der Waals surface area (Å²) in [6.45, 7) is 4.13. The highest BCUT2D eigenvalue weighted by Crippen LogP contribution is 2.40. The molecule has 0 saturated heterocycles. The number of hydrogen-bond donors (Lipinski definition) is 1. The topological polar surface area (TPSA) is 30.5 Å². The van der Waals surface area contributed by atoms with Crippen molar-refractivity contribution < 1.29 is 9.57 Å². The first-order chi connectivity index (χ1) is 7.52. The predicted octanol–water partition coefficient (Wildman–Crippen LogP) is 3.09. The molecule has 0 amide bonds. The Bertz CT molecular complexity index is 393. The Morgan fingerprint density at radius 3 is 2.94 bits per heavy atom. The zero-order valence-corrected chi connectivity index (χ0v) is 10.5. The molecule has 1 atom stereocenters. The lowest BCUT2D eigenvalue weighted by molar-refractivity contribution is 0.00299. The normalized spacial score (nSPS) is 22.4. The van der Waals surface area contributed by atoms with Gasteiger partial charge in [0.2, 0.25) is 0 Å². The van der Waals surface area contributed by atoms with Gasteiger partial charge in [0.15, 0.2) is 0 Å². The number of hydrogen-bond acceptors (Lipinski definition) is 3. The van der Waals surface area contributed by atoms with Gasteiger partial charge in [-0.1, -0.05) is 11.6 Å². The van der Waals surface area contributed by atoms with E-state index in [-0.39, 0.29) is 11.6 Å². The zero-order valence-electron chi connectivity index (χ0n) is 9.71. The minimum atomic E-state index is -0.197. The molecule has 0 aliphatic carbocycles. The quantitative estimate of drug-likeness (QED) is 0.808. The van der Waals surface area contributed by atoms with E-state index in [1.54, 1.807) is 7.11 Å². The molecule has 0 fully saturated rings. The summed E-state index contributed by atoms with van der Waals surface area (Å²) >= 11 is 5.99. The highest BCUT2D eigenvalue weighted by atomic mass is 35.5. The fourth-order valence-corrected chi connectivity index (χ4v) is 2.25. The average Bonchev–Trinajstić information content (AvgIpc) is 2.18. The van der Waals surface area contributed by atoms with Crippen molar-refractivity contribution >= 4 is 11.6 Å². The number of fused-ring (bicyclic) bond motifs is 1. The lowest BCUT2D eigenvalue weighted by Crippen LogP contribution is -2.39. The molecule has 0 spiro atoms.